The van der Waals surface area contributed by atoms with E-state index in [-0.39, 0.29) is 11.2 Å². The SMILES string of the molecule is CC[C@H](Sc1nncn2c1cc1occc12)C(=O)Nc1cc(Cl)ccc1C. The maximum atomic E-state index is 12.8. The molecule has 0 saturated heterocycles. The van der Waals surface area contributed by atoms with Crippen molar-refractivity contribution in [1.82, 2.24) is 14.6 Å². The predicted octanol–water partition coefficient (Wildman–Crippen LogP) is 4.95. The molecule has 4 aromatic rings. The molecule has 0 spiro atoms. The molecule has 0 aliphatic rings. The fourth-order valence-corrected chi connectivity index (χ4v) is 4.04. The molecule has 3 aromatic heterocycles. The number of furan rings is 1. The van der Waals surface area contributed by atoms with Crippen molar-refractivity contribution in [3.05, 3.63) is 53.5 Å². The summed E-state index contributed by atoms with van der Waals surface area (Å²) in [6.45, 7) is 3.90. The number of hydrogen-bond acceptors (Lipinski definition) is 5. The summed E-state index contributed by atoms with van der Waals surface area (Å²) in [5, 5.41) is 12.2. The molecule has 0 saturated carbocycles. The molecule has 0 fully saturated rings. The van der Waals surface area contributed by atoms with Crippen molar-refractivity contribution < 1.29 is 9.21 Å². The number of benzene rings is 1. The largest absolute Gasteiger partial charge is 0.463 e. The van der Waals surface area contributed by atoms with E-state index in [0.29, 0.717) is 16.5 Å². The van der Waals surface area contributed by atoms with E-state index in [4.69, 9.17) is 16.0 Å². The van der Waals surface area contributed by atoms with Gasteiger partial charge < -0.3 is 9.73 Å². The number of amides is 1. The van der Waals surface area contributed by atoms with E-state index in [1.807, 2.05) is 36.4 Å². The average molecular weight is 401 g/mol. The number of aromatic nitrogens is 3. The number of nitrogens with one attached hydrogen (secondary N) is 1. The van der Waals surface area contributed by atoms with Gasteiger partial charge in [-0.1, -0.05) is 36.4 Å². The second-order valence-corrected chi connectivity index (χ2v) is 7.80. The summed E-state index contributed by atoms with van der Waals surface area (Å²) >= 11 is 7.44. The molecular formula is C19H17ClN4O2S. The monoisotopic (exact) mass is 400 g/mol. The van der Waals surface area contributed by atoms with Crippen molar-refractivity contribution in [2.45, 2.75) is 30.5 Å². The fourth-order valence-electron chi connectivity index (χ4n) is 2.90. The Morgan fingerprint density at radius 3 is 3.00 bits per heavy atom. The molecule has 0 aliphatic heterocycles. The van der Waals surface area contributed by atoms with Crippen LogP contribution in [0.3, 0.4) is 0 Å². The van der Waals surface area contributed by atoms with Crippen molar-refractivity contribution in [3.8, 4) is 0 Å². The Balaban J connectivity index is 1.61. The van der Waals surface area contributed by atoms with Crippen LogP contribution in [-0.2, 0) is 4.79 Å². The molecule has 4 rings (SSSR count). The Morgan fingerprint density at radius 2 is 2.19 bits per heavy atom. The van der Waals surface area contributed by atoms with Gasteiger partial charge in [-0.15, -0.1) is 10.2 Å². The molecule has 1 atom stereocenters. The minimum atomic E-state index is -0.315. The number of thioether (sulfide) groups is 1. The molecule has 1 amide bonds. The zero-order chi connectivity index (χ0) is 19.0. The molecule has 0 bridgehead atoms. The van der Waals surface area contributed by atoms with Crippen LogP contribution in [0.1, 0.15) is 18.9 Å². The van der Waals surface area contributed by atoms with Crippen molar-refractivity contribution >= 4 is 51.6 Å². The summed E-state index contributed by atoms with van der Waals surface area (Å²) in [4.78, 5) is 12.8. The normalized spacial score (nSPS) is 12.6. The zero-order valence-electron chi connectivity index (χ0n) is 14.8. The summed E-state index contributed by atoms with van der Waals surface area (Å²) in [5.74, 6) is -0.0908. The first kappa shape index (κ1) is 17.9. The number of rotatable bonds is 5. The van der Waals surface area contributed by atoms with Crippen molar-refractivity contribution in [2.24, 2.45) is 0 Å². The van der Waals surface area contributed by atoms with Crippen molar-refractivity contribution in [3.63, 3.8) is 0 Å². The number of hydrogen-bond donors (Lipinski definition) is 1. The van der Waals surface area contributed by atoms with Crippen molar-refractivity contribution in [1.29, 1.82) is 0 Å². The molecule has 27 heavy (non-hydrogen) atoms. The molecular weight excluding hydrogens is 384 g/mol. The minimum absolute atomic E-state index is 0.0908. The van der Waals surface area contributed by atoms with Gasteiger partial charge in [0.1, 0.15) is 11.4 Å². The Bertz CT molecular complexity index is 1140. The van der Waals surface area contributed by atoms with Gasteiger partial charge >= 0.3 is 0 Å². The number of aryl methyl sites for hydroxylation is 1. The molecule has 138 valence electrons. The number of anilines is 1. The molecule has 8 heteroatoms. The lowest BCUT2D eigenvalue weighted by Gasteiger charge is -2.16. The number of nitrogens with zero attached hydrogens (tertiary/aromatic N) is 3. The highest BCUT2D eigenvalue weighted by Crippen LogP contribution is 2.31. The molecule has 0 aliphatic carbocycles. The summed E-state index contributed by atoms with van der Waals surface area (Å²) in [6.07, 6.45) is 3.93. The van der Waals surface area contributed by atoms with E-state index in [2.05, 4.69) is 15.5 Å². The second-order valence-electron chi connectivity index (χ2n) is 6.17. The first-order valence-corrected chi connectivity index (χ1v) is 9.76. The van der Waals surface area contributed by atoms with Crippen LogP contribution >= 0.6 is 23.4 Å². The Kier molecular flexibility index (Phi) is 4.80. The molecule has 1 aromatic carbocycles. The predicted molar refractivity (Wildman–Crippen MR) is 108 cm³/mol. The summed E-state index contributed by atoms with van der Waals surface area (Å²) in [5.41, 5.74) is 4.24. The third-order valence-electron chi connectivity index (χ3n) is 4.37. The first-order valence-electron chi connectivity index (χ1n) is 8.50. The molecule has 0 unspecified atom stereocenters. The molecule has 0 radical (unpaired) electrons. The minimum Gasteiger partial charge on any atom is -0.463 e. The van der Waals surface area contributed by atoms with E-state index in [9.17, 15) is 4.79 Å². The Hall–Kier alpha value is -2.51. The lowest BCUT2D eigenvalue weighted by molar-refractivity contribution is -0.115. The molecule has 6 nitrogen and oxygen atoms in total. The van der Waals surface area contributed by atoms with E-state index in [0.717, 1.165) is 27.9 Å². The Labute approximate surface area is 164 Å². The molecule has 3 heterocycles. The van der Waals surface area contributed by atoms with Crippen LogP contribution in [-0.4, -0.2) is 25.8 Å². The summed E-state index contributed by atoms with van der Waals surface area (Å²) < 4.78 is 7.38. The lowest BCUT2D eigenvalue weighted by Crippen LogP contribution is -2.25. The number of carbonyl (C=O) groups excluding carboxylic acids is 1. The van der Waals surface area contributed by atoms with E-state index < -0.39 is 0 Å². The number of carbonyl (C=O) groups is 1. The number of fused-ring (bicyclic) bond motifs is 3. The van der Waals surface area contributed by atoms with E-state index >= 15 is 0 Å². The average Bonchev–Trinajstić information content (AvgIpc) is 3.24. The second kappa shape index (κ2) is 7.25. The number of halogens is 1. The third-order valence-corrected chi connectivity index (χ3v) is 5.95. The van der Waals surface area contributed by atoms with Gasteiger partial charge in [0.25, 0.3) is 0 Å². The van der Waals surface area contributed by atoms with Crippen LogP contribution in [0.5, 0.6) is 0 Å². The Morgan fingerprint density at radius 1 is 1.33 bits per heavy atom. The maximum Gasteiger partial charge on any atom is 0.237 e. The van der Waals surface area contributed by atoms with Crippen LogP contribution in [0.4, 0.5) is 5.69 Å². The zero-order valence-corrected chi connectivity index (χ0v) is 16.3. The topological polar surface area (TPSA) is 72.4 Å². The van der Waals surface area contributed by atoms with Gasteiger partial charge in [0.05, 0.1) is 22.5 Å². The lowest BCUT2D eigenvalue weighted by atomic mass is 10.2. The van der Waals surface area contributed by atoms with Gasteiger partial charge in [-0.2, -0.15) is 0 Å². The third kappa shape index (κ3) is 3.40. The quantitative estimate of drug-likeness (QED) is 0.480. The summed E-state index contributed by atoms with van der Waals surface area (Å²) in [7, 11) is 0. The fraction of sp³-hybridized carbons (Fsp3) is 0.211. The van der Waals surface area contributed by atoms with Crippen molar-refractivity contribution in [2.75, 3.05) is 5.32 Å². The summed E-state index contributed by atoms with van der Waals surface area (Å²) in [6, 6.07) is 9.24. The van der Waals surface area contributed by atoms with E-state index in [1.54, 1.807) is 24.7 Å². The van der Waals surface area contributed by atoms with Crippen LogP contribution in [0, 0.1) is 6.92 Å². The van der Waals surface area contributed by atoms with E-state index in [1.165, 1.54) is 11.8 Å². The van der Waals surface area contributed by atoms with Crippen LogP contribution in [0.2, 0.25) is 5.02 Å². The highest BCUT2D eigenvalue weighted by Gasteiger charge is 2.22. The highest BCUT2D eigenvalue weighted by atomic mass is 35.5. The van der Waals surface area contributed by atoms with Crippen LogP contribution in [0.25, 0.3) is 16.6 Å². The maximum absolute atomic E-state index is 12.8. The smallest absolute Gasteiger partial charge is 0.237 e. The van der Waals surface area contributed by atoms with Crippen LogP contribution < -0.4 is 5.32 Å². The van der Waals surface area contributed by atoms with Gasteiger partial charge in [-0.05, 0) is 31.0 Å². The van der Waals surface area contributed by atoms with Gasteiger partial charge in [0.15, 0.2) is 5.58 Å². The van der Waals surface area contributed by atoms with Gasteiger partial charge in [0, 0.05) is 22.8 Å². The first-order chi connectivity index (χ1) is 13.1. The van der Waals surface area contributed by atoms with Gasteiger partial charge in [-0.25, -0.2) is 0 Å². The van der Waals surface area contributed by atoms with Crippen LogP contribution in [0.15, 0.2) is 52.4 Å². The van der Waals surface area contributed by atoms with Gasteiger partial charge in [0.2, 0.25) is 5.91 Å². The highest BCUT2D eigenvalue weighted by molar-refractivity contribution is 8.00. The molecule has 1 N–H and O–H groups in total. The van der Waals surface area contributed by atoms with Gasteiger partial charge in [-0.3, -0.25) is 9.20 Å². The standard InChI is InChI=1S/C19H17ClN4O2S/c1-3-17(18(25)22-13-8-12(20)5-4-11(13)2)27-19-15-9-16-14(6-7-26-16)24(15)10-21-23-19/h4-10,17H,3H2,1-2H3,(H,22,25)/t17-/m0/s1.